The number of rotatable bonds is 5. The third-order valence-corrected chi connectivity index (χ3v) is 4.48. The van der Waals surface area contributed by atoms with Crippen LogP contribution in [0.2, 0.25) is 0 Å². The lowest BCUT2D eigenvalue weighted by atomic mass is 10.0. The molecule has 0 aliphatic heterocycles. The molecule has 1 atom stereocenters. The van der Waals surface area contributed by atoms with Crippen LogP contribution in [0.15, 0.2) is 21.4 Å². The maximum atomic E-state index is 12.0. The van der Waals surface area contributed by atoms with Crippen molar-refractivity contribution in [1.82, 2.24) is 14.5 Å². The van der Waals surface area contributed by atoms with Crippen LogP contribution < -0.4 is 11.0 Å². The molecule has 2 aromatic rings. The van der Waals surface area contributed by atoms with E-state index in [-0.39, 0.29) is 5.69 Å². The number of nitrogens with one attached hydrogen (secondary N) is 1. The Morgan fingerprint density at radius 2 is 1.80 bits per heavy atom. The molecule has 2 rings (SSSR count). The van der Waals surface area contributed by atoms with E-state index in [1.54, 1.807) is 9.13 Å². The summed E-state index contributed by atoms with van der Waals surface area (Å²) < 4.78 is 4.46. The average molecular weight is 340 g/mol. The summed E-state index contributed by atoms with van der Waals surface area (Å²) >= 11 is 3.66. The number of fused-ring (bicyclic) bond motifs is 1. The van der Waals surface area contributed by atoms with E-state index >= 15 is 0 Å². The first-order valence-corrected chi connectivity index (χ1v) is 7.88. The maximum Gasteiger partial charge on any atom is 0.328 e. The fourth-order valence-corrected chi connectivity index (χ4v) is 3.31. The van der Waals surface area contributed by atoms with Crippen LogP contribution in [-0.2, 0) is 14.1 Å². The predicted molar refractivity (Wildman–Crippen MR) is 87.2 cm³/mol. The normalized spacial score (nSPS) is 13.1. The molecule has 1 heterocycles. The standard InChI is InChI=1S/C15H22BrN3O/c1-5-7-12(17-6-2)10-8-13-14(9-11(10)16)19(4)15(20)18(13)3/h8-9,12,17H,5-7H2,1-4H3. The van der Waals surface area contributed by atoms with Gasteiger partial charge in [-0.3, -0.25) is 9.13 Å². The summed E-state index contributed by atoms with van der Waals surface area (Å²) in [7, 11) is 3.63. The molecule has 0 bridgehead atoms. The monoisotopic (exact) mass is 339 g/mol. The van der Waals surface area contributed by atoms with Crippen molar-refractivity contribution < 1.29 is 0 Å². The molecule has 1 N–H and O–H groups in total. The van der Waals surface area contributed by atoms with Crippen LogP contribution in [0, 0.1) is 0 Å². The Bertz CT molecular complexity index is 666. The van der Waals surface area contributed by atoms with Crippen LogP contribution in [0.25, 0.3) is 11.0 Å². The molecule has 20 heavy (non-hydrogen) atoms. The molecule has 0 fully saturated rings. The van der Waals surface area contributed by atoms with Crippen molar-refractivity contribution in [3.05, 3.63) is 32.7 Å². The highest BCUT2D eigenvalue weighted by Gasteiger charge is 2.17. The van der Waals surface area contributed by atoms with Crippen LogP contribution in [0.3, 0.4) is 0 Å². The van der Waals surface area contributed by atoms with Crippen molar-refractivity contribution in [2.24, 2.45) is 14.1 Å². The van der Waals surface area contributed by atoms with Crippen molar-refractivity contribution >= 4 is 27.0 Å². The number of hydrogen-bond acceptors (Lipinski definition) is 2. The van der Waals surface area contributed by atoms with Crippen LogP contribution in [0.5, 0.6) is 0 Å². The van der Waals surface area contributed by atoms with Gasteiger partial charge in [0.15, 0.2) is 0 Å². The Labute approximate surface area is 127 Å². The summed E-state index contributed by atoms with van der Waals surface area (Å²) in [5.41, 5.74) is 3.18. The summed E-state index contributed by atoms with van der Waals surface area (Å²) in [6, 6.07) is 4.50. The molecule has 1 unspecified atom stereocenters. The highest BCUT2D eigenvalue weighted by Crippen LogP contribution is 2.30. The Morgan fingerprint density at radius 3 is 2.35 bits per heavy atom. The third kappa shape index (κ3) is 2.56. The zero-order valence-electron chi connectivity index (χ0n) is 12.5. The van der Waals surface area contributed by atoms with Gasteiger partial charge in [-0.05, 0) is 30.7 Å². The van der Waals surface area contributed by atoms with Gasteiger partial charge in [-0.25, -0.2) is 4.79 Å². The molecule has 5 heteroatoms. The van der Waals surface area contributed by atoms with E-state index in [0.717, 1.165) is 34.9 Å². The van der Waals surface area contributed by atoms with E-state index in [1.807, 2.05) is 20.2 Å². The molecule has 0 saturated carbocycles. The van der Waals surface area contributed by atoms with Crippen molar-refractivity contribution in [3.63, 3.8) is 0 Å². The molecule has 0 saturated heterocycles. The van der Waals surface area contributed by atoms with Gasteiger partial charge < -0.3 is 5.32 Å². The molecule has 0 spiro atoms. The number of nitrogens with zero attached hydrogens (tertiary/aromatic N) is 2. The van der Waals surface area contributed by atoms with E-state index in [9.17, 15) is 4.79 Å². The molecule has 0 aliphatic carbocycles. The van der Waals surface area contributed by atoms with E-state index in [2.05, 4.69) is 41.2 Å². The van der Waals surface area contributed by atoms with Crippen molar-refractivity contribution in [2.75, 3.05) is 6.54 Å². The smallest absolute Gasteiger partial charge is 0.310 e. The molecular formula is C15H22BrN3O. The number of benzene rings is 1. The molecule has 1 aromatic carbocycles. The molecule has 4 nitrogen and oxygen atoms in total. The van der Waals surface area contributed by atoms with E-state index in [0.29, 0.717) is 6.04 Å². The minimum absolute atomic E-state index is 0.0135. The fourth-order valence-electron chi connectivity index (χ4n) is 2.71. The topological polar surface area (TPSA) is 39.0 Å². The summed E-state index contributed by atoms with van der Waals surface area (Å²) in [5.74, 6) is 0. The molecule has 0 aliphatic rings. The number of aryl methyl sites for hydroxylation is 2. The average Bonchev–Trinajstić information content (AvgIpc) is 2.63. The lowest BCUT2D eigenvalue weighted by Crippen LogP contribution is -2.21. The highest BCUT2D eigenvalue weighted by molar-refractivity contribution is 9.10. The number of aromatic nitrogens is 2. The van der Waals surface area contributed by atoms with E-state index in [4.69, 9.17) is 0 Å². The molecule has 110 valence electrons. The number of imidazole rings is 1. The highest BCUT2D eigenvalue weighted by atomic mass is 79.9. The first kappa shape index (κ1) is 15.3. The largest absolute Gasteiger partial charge is 0.328 e. The number of hydrogen-bond donors (Lipinski definition) is 1. The van der Waals surface area contributed by atoms with Gasteiger partial charge in [-0.15, -0.1) is 0 Å². The zero-order valence-corrected chi connectivity index (χ0v) is 14.1. The van der Waals surface area contributed by atoms with Gasteiger partial charge in [0.1, 0.15) is 0 Å². The Morgan fingerprint density at radius 1 is 1.20 bits per heavy atom. The quantitative estimate of drug-likeness (QED) is 0.909. The first-order chi connectivity index (χ1) is 9.51. The van der Waals surface area contributed by atoms with Crippen LogP contribution in [-0.4, -0.2) is 15.7 Å². The SMILES string of the molecule is CCCC(NCC)c1cc2c(cc1Br)n(C)c(=O)n2C. The maximum absolute atomic E-state index is 12.0. The van der Waals surface area contributed by atoms with Crippen molar-refractivity contribution in [3.8, 4) is 0 Å². The second-order valence-electron chi connectivity index (χ2n) is 5.16. The molecule has 0 radical (unpaired) electrons. The van der Waals surface area contributed by atoms with E-state index < -0.39 is 0 Å². The van der Waals surface area contributed by atoms with Gasteiger partial charge in [-0.2, -0.15) is 0 Å². The van der Waals surface area contributed by atoms with Gasteiger partial charge >= 0.3 is 5.69 Å². The molecule has 1 aromatic heterocycles. The Kier molecular flexibility index (Phi) is 4.70. The lowest BCUT2D eigenvalue weighted by Gasteiger charge is -2.19. The Hall–Kier alpha value is -1.07. The summed E-state index contributed by atoms with van der Waals surface area (Å²) in [5, 5.41) is 3.52. The summed E-state index contributed by atoms with van der Waals surface area (Å²) in [4.78, 5) is 12.0. The van der Waals surface area contributed by atoms with Gasteiger partial charge in [0, 0.05) is 24.6 Å². The number of halogens is 1. The zero-order chi connectivity index (χ0) is 14.9. The Balaban J connectivity index is 2.62. The van der Waals surface area contributed by atoms with Gasteiger partial charge in [0.2, 0.25) is 0 Å². The van der Waals surface area contributed by atoms with Gasteiger partial charge in [0.25, 0.3) is 0 Å². The fraction of sp³-hybridized carbons (Fsp3) is 0.533. The van der Waals surface area contributed by atoms with Crippen molar-refractivity contribution in [1.29, 1.82) is 0 Å². The lowest BCUT2D eigenvalue weighted by molar-refractivity contribution is 0.508. The second-order valence-corrected chi connectivity index (χ2v) is 6.02. The predicted octanol–water partition coefficient (Wildman–Crippen LogP) is 3.09. The van der Waals surface area contributed by atoms with Crippen molar-refractivity contribution in [2.45, 2.75) is 32.7 Å². The van der Waals surface area contributed by atoms with E-state index in [1.165, 1.54) is 5.56 Å². The molecule has 0 amide bonds. The van der Waals surface area contributed by atoms with Gasteiger partial charge in [0.05, 0.1) is 11.0 Å². The van der Waals surface area contributed by atoms with Crippen LogP contribution >= 0.6 is 15.9 Å². The first-order valence-electron chi connectivity index (χ1n) is 7.09. The van der Waals surface area contributed by atoms with Gasteiger partial charge in [-0.1, -0.05) is 36.2 Å². The minimum atomic E-state index is 0.0135. The third-order valence-electron chi connectivity index (χ3n) is 3.79. The summed E-state index contributed by atoms with van der Waals surface area (Å²) in [6.45, 7) is 5.24. The van der Waals surface area contributed by atoms with Crippen LogP contribution in [0.4, 0.5) is 0 Å². The molecular weight excluding hydrogens is 318 g/mol. The second kappa shape index (κ2) is 6.14. The summed E-state index contributed by atoms with van der Waals surface area (Å²) in [6.07, 6.45) is 2.20. The van der Waals surface area contributed by atoms with Crippen LogP contribution in [0.1, 0.15) is 38.3 Å². The minimum Gasteiger partial charge on any atom is -0.310 e.